The zero-order chi connectivity index (χ0) is 15.4. The monoisotopic (exact) mass is 344 g/mol. The first-order valence-electron chi connectivity index (χ1n) is 8.26. The second-order valence-electron chi connectivity index (χ2n) is 6.60. The Balaban J connectivity index is 1.46. The highest BCUT2D eigenvalue weighted by Crippen LogP contribution is 2.29. The molecule has 22 heavy (non-hydrogen) atoms. The molecule has 1 aliphatic heterocycles. The molecule has 1 aliphatic carbocycles. The molecular weight excluding hydrogens is 320 g/mol. The lowest BCUT2D eigenvalue weighted by Gasteiger charge is -2.11. The fourth-order valence-corrected chi connectivity index (χ4v) is 6.21. The highest BCUT2D eigenvalue weighted by molar-refractivity contribution is 7.99. The van der Waals surface area contributed by atoms with Gasteiger partial charge in [-0.25, -0.2) is 8.42 Å². The van der Waals surface area contributed by atoms with Gasteiger partial charge in [-0.15, -0.1) is 10.2 Å². The molecule has 1 aromatic heterocycles. The Morgan fingerprint density at radius 1 is 1.05 bits per heavy atom. The molecule has 1 aromatic rings. The Labute approximate surface area is 136 Å². The van der Waals surface area contributed by atoms with Crippen molar-refractivity contribution in [3.63, 3.8) is 0 Å². The lowest BCUT2D eigenvalue weighted by Crippen LogP contribution is -2.07. The highest BCUT2D eigenvalue weighted by atomic mass is 32.2. The Hall–Kier alpha value is -0.560. The van der Waals surface area contributed by atoms with E-state index >= 15 is 0 Å². The molecule has 2 fully saturated rings. The van der Waals surface area contributed by atoms with Crippen molar-refractivity contribution in [2.24, 2.45) is 11.8 Å². The zero-order valence-electron chi connectivity index (χ0n) is 12.9. The van der Waals surface area contributed by atoms with Crippen LogP contribution in [0, 0.1) is 11.8 Å². The number of thioether (sulfide) groups is 1. The van der Waals surface area contributed by atoms with E-state index in [-0.39, 0.29) is 11.7 Å². The number of nitrogens with zero attached hydrogens (tertiary/aromatic N) is 2. The molecule has 0 N–H and O–H groups in total. The van der Waals surface area contributed by atoms with Gasteiger partial charge in [0.25, 0.3) is 5.22 Å². The molecular formula is C15H24N2O3S2. The molecule has 1 saturated heterocycles. The van der Waals surface area contributed by atoms with Gasteiger partial charge >= 0.3 is 0 Å². The SMILES string of the molecule is O=S1(=O)CC[C@@H](Cc2nnc(SCC3CCCCCC3)o2)C1. The summed E-state index contributed by atoms with van der Waals surface area (Å²) in [4.78, 5) is 0. The third-order valence-corrected chi connectivity index (χ3v) is 7.54. The quantitative estimate of drug-likeness (QED) is 0.603. The second-order valence-corrected chi connectivity index (χ2v) is 9.80. The predicted molar refractivity (Wildman–Crippen MR) is 86.7 cm³/mol. The van der Waals surface area contributed by atoms with Crippen LogP contribution in [-0.2, 0) is 16.3 Å². The molecule has 2 aliphatic rings. The second kappa shape index (κ2) is 7.34. The summed E-state index contributed by atoms with van der Waals surface area (Å²) in [6.07, 6.45) is 9.37. The summed E-state index contributed by atoms with van der Waals surface area (Å²) in [5, 5.41) is 8.82. The molecule has 124 valence electrons. The van der Waals surface area contributed by atoms with Crippen LogP contribution in [0.5, 0.6) is 0 Å². The first kappa shape index (κ1) is 16.3. The van der Waals surface area contributed by atoms with Crippen LogP contribution in [0.25, 0.3) is 0 Å². The summed E-state index contributed by atoms with van der Waals surface area (Å²) in [7, 11) is -2.83. The fraction of sp³-hybridized carbons (Fsp3) is 0.867. The van der Waals surface area contributed by atoms with Crippen molar-refractivity contribution in [3.8, 4) is 0 Å². The molecule has 5 nitrogen and oxygen atoms in total. The molecule has 0 bridgehead atoms. The van der Waals surface area contributed by atoms with Crippen LogP contribution in [0.1, 0.15) is 50.8 Å². The molecule has 0 aromatic carbocycles. The van der Waals surface area contributed by atoms with Crippen molar-refractivity contribution < 1.29 is 12.8 Å². The summed E-state index contributed by atoms with van der Waals surface area (Å²) in [5.41, 5.74) is 0. The van der Waals surface area contributed by atoms with Crippen molar-refractivity contribution in [2.75, 3.05) is 17.3 Å². The first-order valence-corrected chi connectivity index (χ1v) is 11.1. The van der Waals surface area contributed by atoms with Crippen molar-refractivity contribution >= 4 is 21.6 Å². The molecule has 0 amide bonds. The van der Waals surface area contributed by atoms with E-state index in [2.05, 4.69) is 10.2 Å². The van der Waals surface area contributed by atoms with Crippen molar-refractivity contribution in [1.82, 2.24) is 10.2 Å². The normalized spacial score (nSPS) is 26.1. The fourth-order valence-electron chi connectivity index (χ4n) is 3.38. The third kappa shape index (κ3) is 4.72. The lowest BCUT2D eigenvalue weighted by molar-refractivity contribution is 0.388. The van der Waals surface area contributed by atoms with Gasteiger partial charge in [0.1, 0.15) is 0 Å². The number of hydrogen-bond acceptors (Lipinski definition) is 6. The number of rotatable bonds is 5. The van der Waals surface area contributed by atoms with Crippen LogP contribution < -0.4 is 0 Å². The summed E-state index contributed by atoms with van der Waals surface area (Å²) in [6.45, 7) is 0. The highest BCUT2D eigenvalue weighted by Gasteiger charge is 2.29. The average molecular weight is 345 g/mol. The summed E-state index contributed by atoms with van der Waals surface area (Å²) in [5.74, 6) is 3.12. The van der Waals surface area contributed by atoms with Gasteiger partial charge in [-0.1, -0.05) is 37.4 Å². The molecule has 3 rings (SSSR count). The summed E-state index contributed by atoms with van der Waals surface area (Å²) in [6, 6.07) is 0. The Morgan fingerprint density at radius 3 is 2.50 bits per heavy atom. The maximum absolute atomic E-state index is 11.5. The van der Waals surface area contributed by atoms with E-state index in [1.807, 2.05) is 0 Å². The maximum Gasteiger partial charge on any atom is 0.276 e. The molecule has 0 unspecified atom stereocenters. The number of aromatic nitrogens is 2. The molecule has 1 saturated carbocycles. The van der Waals surface area contributed by atoms with Crippen LogP contribution in [0.15, 0.2) is 9.64 Å². The Kier molecular flexibility index (Phi) is 5.44. The molecule has 7 heteroatoms. The molecule has 2 heterocycles. The summed E-state index contributed by atoms with van der Waals surface area (Å²) >= 11 is 1.66. The number of sulfone groups is 1. The third-order valence-electron chi connectivity index (χ3n) is 4.66. The zero-order valence-corrected chi connectivity index (χ0v) is 14.5. The van der Waals surface area contributed by atoms with Crippen molar-refractivity contribution in [2.45, 2.75) is 56.6 Å². The Bertz CT molecular complexity index is 577. The van der Waals surface area contributed by atoms with Crippen LogP contribution in [-0.4, -0.2) is 35.9 Å². The van der Waals surface area contributed by atoms with Crippen LogP contribution in [0.3, 0.4) is 0 Å². The number of hydrogen-bond donors (Lipinski definition) is 0. The van der Waals surface area contributed by atoms with Crippen LogP contribution in [0.2, 0.25) is 0 Å². The van der Waals surface area contributed by atoms with E-state index in [9.17, 15) is 8.42 Å². The van der Waals surface area contributed by atoms with E-state index in [1.54, 1.807) is 11.8 Å². The van der Waals surface area contributed by atoms with Gasteiger partial charge in [0.2, 0.25) is 5.89 Å². The average Bonchev–Trinajstić information content (AvgIpc) is 2.95. The van der Waals surface area contributed by atoms with Gasteiger partial charge in [-0.05, 0) is 31.1 Å². The predicted octanol–water partition coefficient (Wildman–Crippen LogP) is 3.11. The standard InChI is InChI=1S/C15H24N2O3S2/c18-22(19)8-7-13(11-22)9-14-16-17-15(20-14)21-10-12-5-3-1-2-4-6-12/h12-13H,1-11H2/t13-/m0/s1. The molecule has 0 radical (unpaired) electrons. The van der Waals surface area contributed by atoms with Crippen LogP contribution >= 0.6 is 11.8 Å². The minimum Gasteiger partial charge on any atom is -0.416 e. The Morgan fingerprint density at radius 2 is 1.82 bits per heavy atom. The van der Waals surface area contributed by atoms with Crippen molar-refractivity contribution in [1.29, 1.82) is 0 Å². The van der Waals surface area contributed by atoms with Gasteiger partial charge in [0, 0.05) is 12.2 Å². The van der Waals surface area contributed by atoms with Gasteiger partial charge in [0.15, 0.2) is 9.84 Å². The maximum atomic E-state index is 11.5. The van der Waals surface area contributed by atoms with Gasteiger partial charge in [-0.2, -0.15) is 0 Å². The topological polar surface area (TPSA) is 73.1 Å². The van der Waals surface area contributed by atoms with E-state index in [4.69, 9.17) is 4.42 Å². The van der Waals surface area contributed by atoms with E-state index in [0.717, 1.165) is 18.1 Å². The summed E-state index contributed by atoms with van der Waals surface area (Å²) < 4.78 is 28.6. The smallest absolute Gasteiger partial charge is 0.276 e. The van der Waals surface area contributed by atoms with Crippen LogP contribution in [0.4, 0.5) is 0 Å². The molecule has 1 atom stereocenters. The van der Waals surface area contributed by atoms with E-state index in [1.165, 1.54) is 38.5 Å². The van der Waals surface area contributed by atoms with E-state index in [0.29, 0.717) is 23.3 Å². The van der Waals surface area contributed by atoms with E-state index < -0.39 is 9.84 Å². The van der Waals surface area contributed by atoms with Gasteiger partial charge in [-0.3, -0.25) is 0 Å². The molecule has 0 spiro atoms. The minimum atomic E-state index is -2.83. The lowest BCUT2D eigenvalue weighted by atomic mass is 10.0. The van der Waals surface area contributed by atoms with Crippen molar-refractivity contribution in [3.05, 3.63) is 5.89 Å². The van der Waals surface area contributed by atoms with Gasteiger partial charge < -0.3 is 4.42 Å². The largest absolute Gasteiger partial charge is 0.416 e. The van der Waals surface area contributed by atoms with Gasteiger partial charge in [0.05, 0.1) is 11.5 Å². The minimum absolute atomic E-state index is 0.144. The first-order chi connectivity index (χ1) is 10.6.